The van der Waals surface area contributed by atoms with E-state index in [1.807, 2.05) is 0 Å². The summed E-state index contributed by atoms with van der Waals surface area (Å²) in [4.78, 5) is 33.5. The number of rotatable bonds is 8. The van der Waals surface area contributed by atoms with Gasteiger partial charge in [0.25, 0.3) is 0 Å². The summed E-state index contributed by atoms with van der Waals surface area (Å²) < 4.78 is 46.7. The number of carbonyl (C=O) groups excluding carboxylic acids is 1. The molecule has 3 aromatic heterocycles. The molecule has 0 atom stereocenters. The van der Waals surface area contributed by atoms with Crippen molar-refractivity contribution < 1.29 is 22.7 Å². The quantitative estimate of drug-likeness (QED) is 0.305. The maximum atomic E-state index is 13.1. The zero-order valence-electron chi connectivity index (χ0n) is 19.1. The third-order valence-electron chi connectivity index (χ3n) is 5.12. The summed E-state index contributed by atoms with van der Waals surface area (Å²) in [5.41, 5.74) is -0.400. The third-order valence-corrected chi connectivity index (χ3v) is 5.67. The molecule has 0 aliphatic heterocycles. The average Bonchev–Trinajstić information content (AvgIpc) is 3.38. The van der Waals surface area contributed by atoms with Crippen LogP contribution >= 0.6 is 23.2 Å². The van der Waals surface area contributed by atoms with E-state index >= 15 is 0 Å². The molecule has 10 nitrogen and oxygen atoms in total. The molecule has 0 radical (unpaired) electrons. The third kappa shape index (κ3) is 6.17. The van der Waals surface area contributed by atoms with Crippen molar-refractivity contribution >= 4 is 29.2 Å². The number of hydrogen-bond donors (Lipinski definition) is 0. The van der Waals surface area contributed by atoms with Gasteiger partial charge in [-0.3, -0.25) is 9.36 Å². The van der Waals surface area contributed by atoms with E-state index in [2.05, 4.69) is 20.2 Å². The number of hydrogen-bond acceptors (Lipinski definition) is 7. The van der Waals surface area contributed by atoms with E-state index in [-0.39, 0.29) is 41.3 Å². The predicted molar refractivity (Wildman–Crippen MR) is 127 cm³/mol. The second kappa shape index (κ2) is 10.7. The molecular weight excluding hydrogens is 538 g/mol. The molecule has 0 saturated heterocycles. The summed E-state index contributed by atoms with van der Waals surface area (Å²) in [5.74, 6) is -0.221. The molecule has 4 rings (SSSR count). The van der Waals surface area contributed by atoms with Crippen LogP contribution in [0.2, 0.25) is 10.0 Å². The minimum absolute atomic E-state index is 0.0212. The van der Waals surface area contributed by atoms with Gasteiger partial charge in [0.1, 0.15) is 18.8 Å². The number of alkyl halides is 3. The molecule has 0 saturated carbocycles. The Labute approximate surface area is 217 Å². The second-order valence-electron chi connectivity index (χ2n) is 7.71. The normalized spacial score (nSPS) is 11.6. The minimum Gasteiger partial charge on any atom is -0.469 e. The summed E-state index contributed by atoms with van der Waals surface area (Å²) >= 11 is 12.2. The van der Waals surface area contributed by atoms with Crippen molar-refractivity contribution in [2.75, 3.05) is 7.11 Å². The fourth-order valence-electron chi connectivity index (χ4n) is 3.41. The standard InChI is InChI=1S/C22H18Cl2F3N7O3/c1-37-18(35)11-17-29-16(30-34(17)20-15(24)3-2-9-28-20)12-33-21(36)32(10-8-22(25,26)27)19(31-33)13-4-6-14(23)7-5-13/h2-7,9H,8,10-12H2,1H3. The molecule has 15 heteroatoms. The number of carbonyl (C=O) groups is 1. The van der Waals surface area contributed by atoms with Crippen molar-refractivity contribution in [3.8, 4) is 17.2 Å². The highest BCUT2D eigenvalue weighted by Gasteiger charge is 2.29. The van der Waals surface area contributed by atoms with Gasteiger partial charge in [-0.05, 0) is 36.4 Å². The smallest absolute Gasteiger partial charge is 0.390 e. The monoisotopic (exact) mass is 555 g/mol. The SMILES string of the molecule is COC(=O)Cc1nc(Cn2nc(-c3ccc(Cl)cc3)n(CCC(F)(F)F)c2=O)nn1-c1ncccc1Cl. The maximum Gasteiger partial charge on any atom is 0.390 e. The fourth-order valence-corrected chi connectivity index (χ4v) is 3.74. The molecule has 4 aromatic rings. The van der Waals surface area contributed by atoms with Crippen LogP contribution in [0.15, 0.2) is 47.4 Å². The predicted octanol–water partition coefficient (Wildman–Crippen LogP) is 3.71. The summed E-state index contributed by atoms with van der Waals surface area (Å²) in [6.45, 7) is -0.941. The van der Waals surface area contributed by atoms with E-state index in [4.69, 9.17) is 27.9 Å². The van der Waals surface area contributed by atoms with Gasteiger partial charge < -0.3 is 4.74 Å². The van der Waals surface area contributed by atoms with Crippen LogP contribution < -0.4 is 5.69 Å². The molecule has 0 aliphatic carbocycles. The topological polar surface area (TPSA) is 110 Å². The molecule has 0 amide bonds. The van der Waals surface area contributed by atoms with Gasteiger partial charge in [0, 0.05) is 23.3 Å². The van der Waals surface area contributed by atoms with E-state index < -0.39 is 30.8 Å². The van der Waals surface area contributed by atoms with Gasteiger partial charge in [0.05, 0.1) is 18.6 Å². The number of esters is 1. The van der Waals surface area contributed by atoms with Gasteiger partial charge in [-0.2, -0.15) is 17.9 Å². The Morgan fingerprint density at radius 3 is 2.49 bits per heavy atom. The first-order valence-corrected chi connectivity index (χ1v) is 11.4. The Morgan fingerprint density at radius 1 is 1.11 bits per heavy atom. The first-order chi connectivity index (χ1) is 17.6. The molecule has 0 spiro atoms. The fraction of sp³-hybridized carbons (Fsp3) is 0.273. The van der Waals surface area contributed by atoms with Crippen molar-refractivity contribution in [2.24, 2.45) is 0 Å². The zero-order chi connectivity index (χ0) is 26.7. The lowest BCUT2D eigenvalue weighted by Gasteiger charge is -2.08. The maximum absolute atomic E-state index is 13.1. The Balaban J connectivity index is 1.75. The van der Waals surface area contributed by atoms with Crippen LogP contribution in [0.3, 0.4) is 0 Å². The highest BCUT2D eigenvalue weighted by molar-refractivity contribution is 6.32. The van der Waals surface area contributed by atoms with E-state index in [0.717, 1.165) is 9.25 Å². The van der Waals surface area contributed by atoms with E-state index in [9.17, 15) is 22.8 Å². The number of aromatic nitrogens is 7. The van der Waals surface area contributed by atoms with Crippen LogP contribution in [0.4, 0.5) is 13.2 Å². The summed E-state index contributed by atoms with van der Waals surface area (Å²) in [6, 6.07) is 9.33. The largest absolute Gasteiger partial charge is 0.469 e. The Kier molecular flexibility index (Phi) is 7.64. The molecule has 0 N–H and O–H groups in total. The van der Waals surface area contributed by atoms with Crippen LogP contribution in [-0.4, -0.2) is 53.4 Å². The lowest BCUT2D eigenvalue weighted by atomic mass is 10.2. The first-order valence-electron chi connectivity index (χ1n) is 10.7. The molecule has 194 valence electrons. The van der Waals surface area contributed by atoms with Crippen LogP contribution in [0.25, 0.3) is 17.2 Å². The molecule has 3 heterocycles. The van der Waals surface area contributed by atoms with E-state index in [1.54, 1.807) is 24.3 Å². The highest BCUT2D eigenvalue weighted by atomic mass is 35.5. The van der Waals surface area contributed by atoms with Crippen molar-refractivity contribution in [3.05, 3.63) is 74.8 Å². The van der Waals surface area contributed by atoms with Crippen LogP contribution in [0.1, 0.15) is 18.1 Å². The molecule has 1 aromatic carbocycles. The highest BCUT2D eigenvalue weighted by Crippen LogP contribution is 2.24. The molecule has 0 unspecified atom stereocenters. The first kappa shape index (κ1) is 26.4. The van der Waals surface area contributed by atoms with Gasteiger partial charge >= 0.3 is 17.8 Å². The minimum atomic E-state index is -4.48. The van der Waals surface area contributed by atoms with Gasteiger partial charge in [0.2, 0.25) is 0 Å². The number of ether oxygens (including phenoxy) is 1. The number of halogens is 5. The van der Waals surface area contributed by atoms with Crippen molar-refractivity contribution in [1.29, 1.82) is 0 Å². The van der Waals surface area contributed by atoms with E-state index in [0.29, 0.717) is 10.6 Å². The number of pyridine rings is 1. The van der Waals surface area contributed by atoms with Gasteiger partial charge in [-0.25, -0.2) is 19.4 Å². The average molecular weight is 556 g/mol. The van der Waals surface area contributed by atoms with Gasteiger partial charge in [0.15, 0.2) is 17.5 Å². The van der Waals surface area contributed by atoms with Gasteiger partial charge in [-0.1, -0.05) is 23.2 Å². The van der Waals surface area contributed by atoms with Gasteiger partial charge in [-0.15, -0.1) is 10.2 Å². The molecule has 37 heavy (non-hydrogen) atoms. The molecular formula is C22H18Cl2F3N7O3. The van der Waals surface area contributed by atoms with Crippen molar-refractivity contribution in [2.45, 2.75) is 32.1 Å². The van der Waals surface area contributed by atoms with Crippen LogP contribution in [0.5, 0.6) is 0 Å². The number of nitrogens with zero attached hydrogens (tertiary/aromatic N) is 7. The Morgan fingerprint density at radius 2 is 1.84 bits per heavy atom. The van der Waals surface area contributed by atoms with E-state index in [1.165, 1.54) is 30.1 Å². The van der Waals surface area contributed by atoms with Crippen LogP contribution in [-0.2, 0) is 29.0 Å². The van der Waals surface area contributed by atoms with Crippen molar-refractivity contribution in [3.63, 3.8) is 0 Å². The molecule has 0 fully saturated rings. The van der Waals surface area contributed by atoms with Crippen molar-refractivity contribution in [1.82, 2.24) is 34.1 Å². The zero-order valence-corrected chi connectivity index (χ0v) is 20.6. The van der Waals surface area contributed by atoms with Crippen LogP contribution in [0, 0.1) is 0 Å². The summed E-state index contributed by atoms with van der Waals surface area (Å²) in [6.07, 6.45) is -4.52. The second-order valence-corrected chi connectivity index (χ2v) is 8.55. The summed E-state index contributed by atoms with van der Waals surface area (Å²) in [7, 11) is 1.21. The Bertz CT molecular complexity index is 1480. The summed E-state index contributed by atoms with van der Waals surface area (Å²) in [5, 5.41) is 9.20. The number of methoxy groups -OCH3 is 1. The molecule has 0 aliphatic rings. The Hall–Kier alpha value is -3.71. The molecule has 0 bridgehead atoms. The lowest BCUT2D eigenvalue weighted by molar-refractivity contribution is -0.140. The lowest BCUT2D eigenvalue weighted by Crippen LogP contribution is -2.27. The number of benzene rings is 1.